The topological polar surface area (TPSA) is 51.1 Å². The van der Waals surface area contributed by atoms with Crippen molar-refractivity contribution in [1.82, 2.24) is 9.78 Å². The average Bonchev–Trinajstić information content (AvgIpc) is 2.67. The molecule has 0 unspecified atom stereocenters. The number of benzene rings is 1. The van der Waals surface area contributed by atoms with Crippen LogP contribution in [0.25, 0.3) is 0 Å². The monoisotopic (exact) mass is 326 g/mol. The number of aryl methyl sites for hydroxylation is 2. The number of ether oxygens (including phenoxy) is 1. The molecule has 1 heterocycles. The first-order valence-corrected chi connectivity index (χ1v) is 6.91. The van der Waals surface area contributed by atoms with Crippen LogP contribution in [-0.2, 0) is 7.05 Å². The molecule has 1 aromatic carbocycles. The maximum absolute atomic E-state index is 12.4. The molecule has 0 bridgehead atoms. The quantitative estimate of drug-likeness (QED) is 0.843. The number of aromatic nitrogens is 2. The number of anilines is 2. The highest BCUT2D eigenvalue weighted by molar-refractivity contribution is 7.80. The lowest BCUT2D eigenvalue weighted by Gasteiger charge is -2.14. The highest BCUT2D eigenvalue weighted by Gasteiger charge is 2.13. The van der Waals surface area contributed by atoms with Crippen molar-refractivity contribution in [3.05, 3.63) is 35.7 Å². The Bertz CT molecular complexity index is 687. The highest BCUT2D eigenvalue weighted by Crippen LogP contribution is 2.26. The van der Waals surface area contributed by atoms with Crippen LogP contribution in [0.2, 0.25) is 0 Å². The van der Waals surface area contributed by atoms with E-state index in [0.717, 1.165) is 17.1 Å². The number of nitrogens with one attached hydrogen (secondary N) is 2. The zero-order valence-electron chi connectivity index (χ0n) is 12.4. The molecular formula is C14H16F2N4OS. The number of thiocarbonyl (C=S) groups is 1. The first-order chi connectivity index (χ1) is 10.4. The Hall–Kier alpha value is -2.22. The predicted octanol–water partition coefficient (Wildman–Crippen LogP) is 3.45. The number of hydrogen-bond donors (Lipinski definition) is 2. The second-order valence-corrected chi connectivity index (χ2v) is 5.03. The molecule has 0 saturated heterocycles. The summed E-state index contributed by atoms with van der Waals surface area (Å²) < 4.78 is 30.9. The van der Waals surface area contributed by atoms with Crippen molar-refractivity contribution in [2.75, 3.05) is 10.6 Å². The lowest BCUT2D eigenvalue weighted by molar-refractivity contribution is -0.0493. The smallest absolute Gasteiger partial charge is 0.387 e. The van der Waals surface area contributed by atoms with Crippen molar-refractivity contribution in [3.8, 4) is 5.75 Å². The third-order valence-electron chi connectivity index (χ3n) is 3.10. The van der Waals surface area contributed by atoms with E-state index in [4.69, 9.17) is 12.2 Å². The third-order valence-corrected chi connectivity index (χ3v) is 3.30. The van der Waals surface area contributed by atoms with Crippen LogP contribution in [-0.4, -0.2) is 21.5 Å². The van der Waals surface area contributed by atoms with Gasteiger partial charge in [-0.25, -0.2) is 0 Å². The molecule has 0 amide bonds. The Balaban J connectivity index is 2.12. The Labute approximate surface area is 132 Å². The molecule has 0 radical (unpaired) electrons. The molecule has 0 fully saturated rings. The van der Waals surface area contributed by atoms with Gasteiger partial charge in [-0.15, -0.1) is 0 Å². The average molecular weight is 326 g/mol. The van der Waals surface area contributed by atoms with Crippen molar-refractivity contribution in [3.63, 3.8) is 0 Å². The zero-order valence-corrected chi connectivity index (χ0v) is 13.2. The van der Waals surface area contributed by atoms with E-state index < -0.39 is 6.61 Å². The second-order valence-electron chi connectivity index (χ2n) is 4.62. The van der Waals surface area contributed by atoms with Gasteiger partial charge < -0.3 is 15.4 Å². The fourth-order valence-corrected chi connectivity index (χ4v) is 2.20. The van der Waals surface area contributed by atoms with Crippen LogP contribution >= 0.6 is 12.2 Å². The van der Waals surface area contributed by atoms with E-state index in [0.29, 0.717) is 5.69 Å². The molecule has 0 saturated carbocycles. The van der Waals surface area contributed by atoms with E-state index in [1.165, 1.54) is 6.07 Å². The first kappa shape index (κ1) is 16.2. The number of hydrogen-bond acceptors (Lipinski definition) is 3. The molecule has 8 heteroatoms. The maximum atomic E-state index is 12.4. The molecule has 0 spiro atoms. The van der Waals surface area contributed by atoms with Crippen LogP contribution in [0.4, 0.5) is 20.2 Å². The molecule has 2 N–H and O–H groups in total. The van der Waals surface area contributed by atoms with E-state index in [2.05, 4.69) is 20.5 Å². The number of rotatable bonds is 4. The summed E-state index contributed by atoms with van der Waals surface area (Å²) in [5.74, 6) is 0.0290. The van der Waals surface area contributed by atoms with E-state index in [-0.39, 0.29) is 10.9 Å². The molecule has 2 aromatic rings. The summed E-state index contributed by atoms with van der Waals surface area (Å²) >= 11 is 5.22. The summed E-state index contributed by atoms with van der Waals surface area (Å²) in [7, 11) is 1.83. The van der Waals surface area contributed by atoms with Gasteiger partial charge in [0.05, 0.1) is 22.8 Å². The van der Waals surface area contributed by atoms with Gasteiger partial charge in [0.15, 0.2) is 5.11 Å². The van der Waals surface area contributed by atoms with Crippen LogP contribution < -0.4 is 15.4 Å². The van der Waals surface area contributed by atoms with Crippen LogP contribution in [0.3, 0.4) is 0 Å². The predicted molar refractivity (Wildman–Crippen MR) is 85.6 cm³/mol. The van der Waals surface area contributed by atoms with E-state index >= 15 is 0 Å². The molecule has 1 aromatic heterocycles. The standard InChI is InChI=1S/C14H16F2N4OS/c1-8-12(9(2)20(3)19-8)18-14(22)17-10-6-4-5-7-11(10)21-13(15)16/h4-7,13H,1-3H3,(H2,17,18,22). The van der Waals surface area contributed by atoms with Gasteiger partial charge in [-0.05, 0) is 38.2 Å². The van der Waals surface area contributed by atoms with Gasteiger partial charge in [0, 0.05) is 7.05 Å². The summed E-state index contributed by atoms with van der Waals surface area (Å²) in [4.78, 5) is 0. The number of halogens is 2. The minimum Gasteiger partial charge on any atom is -0.433 e. The summed E-state index contributed by atoms with van der Waals surface area (Å²) in [5, 5.41) is 10.4. The van der Waals surface area contributed by atoms with Gasteiger partial charge in [-0.3, -0.25) is 4.68 Å². The van der Waals surface area contributed by atoms with Gasteiger partial charge in [0.2, 0.25) is 0 Å². The van der Waals surface area contributed by atoms with E-state index in [9.17, 15) is 8.78 Å². The number of nitrogens with zero attached hydrogens (tertiary/aromatic N) is 2. The third kappa shape index (κ3) is 3.70. The normalized spacial score (nSPS) is 10.6. The maximum Gasteiger partial charge on any atom is 0.387 e. The largest absolute Gasteiger partial charge is 0.433 e. The van der Waals surface area contributed by atoms with Crippen LogP contribution in [0.15, 0.2) is 24.3 Å². The van der Waals surface area contributed by atoms with Crippen LogP contribution in [0.1, 0.15) is 11.4 Å². The Kier molecular flexibility index (Phi) is 4.92. The van der Waals surface area contributed by atoms with Gasteiger partial charge >= 0.3 is 6.61 Å². The second kappa shape index (κ2) is 6.69. The molecule has 0 aliphatic carbocycles. The van der Waals surface area contributed by atoms with Crippen LogP contribution in [0, 0.1) is 13.8 Å². The number of para-hydroxylation sites is 2. The highest BCUT2D eigenvalue weighted by atomic mass is 32.1. The van der Waals surface area contributed by atoms with Crippen molar-refractivity contribution < 1.29 is 13.5 Å². The number of alkyl halides is 2. The SMILES string of the molecule is Cc1nn(C)c(C)c1NC(=S)Nc1ccccc1OC(F)F. The van der Waals surface area contributed by atoms with Crippen LogP contribution in [0.5, 0.6) is 5.75 Å². The minimum absolute atomic E-state index is 0.0290. The fraction of sp³-hybridized carbons (Fsp3) is 0.286. The first-order valence-electron chi connectivity index (χ1n) is 6.50. The lowest BCUT2D eigenvalue weighted by atomic mass is 10.3. The summed E-state index contributed by atoms with van der Waals surface area (Å²) in [6.07, 6.45) is 0. The summed E-state index contributed by atoms with van der Waals surface area (Å²) in [5.41, 5.74) is 2.85. The summed E-state index contributed by atoms with van der Waals surface area (Å²) in [6, 6.07) is 6.35. The minimum atomic E-state index is -2.90. The molecule has 0 atom stereocenters. The molecule has 5 nitrogen and oxygen atoms in total. The lowest BCUT2D eigenvalue weighted by Crippen LogP contribution is -2.20. The molecular weight excluding hydrogens is 310 g/mol. The van der Waals surface area contributed by atoms with Crippen molar-refractivity contribution in [2.45, 2.75) is 20.5 Å². The van der Waals surface area contributed by atoms with Gasteiger partial charge in [-0.2, -0.15) is 13.9 Å². The zero-order chi connectivity index (χ0) is 16.3. The Morgan fingerprint density at radius 3 is 2.55 bits per heavy atom. The summed E-state index contributed by atoms with van der Waals surface area (Å²) in [6.45, 7) is 0.859. The molecule has 0 aliphatic rings. The fourth-order valence-electron chi connectivity index (χ4n) is 1.99. The molecule has 2 rings (SSSR count). The van der Waals surface area contributed by atoms with Crippen molar-refractivity contribution in [1.29, 1.82) is 0 Å². The van der Waals surface area contributed by atoms with Crippen molar-refractivity contribution in [2.24, 2.45) is 7.05 Å². The van der Waals surface area contributed by atoms with Gasteiger partial charge in [0.1, 0.15) is 5.75 Å². The van der Waals surface area contributed by atoms with Gasteiger partial charge in [-0.1, -0.05) is 12.1 Å². The molecule has 118 valence electrons. The van der Waals surface area contributed by atoms with Gasteiger partial charge in [0.25, 0.3) is 0 Å². The molecule has 22 heavy (non-hydrogen) atoms. The van der Waals surface area contributed by atoms with Crippen molar-refractivity contribution >= 4 is 28.7 Å². The van der Waals surface area contributed by atoms with E-state index in [1.807, 2.05) is 20.9 Å². The van der Waals surface area contributed by atoms with E-state index in [1.54, 1.807) is 22.9 Å². The molecule has 0 aliphatic heterocycles. The Morgan fingerprint density at radius 1 is 1.27 bits per heavy atom. The Morgan fingerprint density at radius 2 is 1.95 bits per heavy atom.